The van der Waals surface area contributed by atoms with Crippen molar-refractivity contribution in [3.8, 4) is 0 Å². The summed E-state index contributed by atoms with van der Waals surface area (Å²) in [5.74, 6) is 0.645. The summed E-state index contributed by atoms with van der Waals surface area (Å²) in [4.78, 5) is 0. The van der Waals surface area contributed by atoms with Gasteiger partial charge in [-0.05, 0) is 24.6 Å². The van der Waals surface area contributed by atoms with Crippen LogP contribution in [0.1, 0.15) is 33.6 Å². The third kappa shape index (κ3) is 4.65. The fourth-order valence-electron chi connectivity index (χ4n) is 1.03. The molecule has 0 saturated heterocycles. The summed E-state index contributed by atoms with van der Waals surface area (Å²) in [5.41, 5.74) is 6.73. The molecule has 0 atom stereocenters. The second kappa shape index (κ2) is 6.02. The van der Waals surface area contributed by atoms with Crippen LogP contribution in [0.3, 0.4) is 0 Å². The van der Waals surface area contributed by atoms with E-state index in [9.17, 15) is 0 Å². The molecule has 0 bridgehead atoms. The molecule has 0 heterocycles. The Morgan fingerprint density at radius 2 is 2.09 bits per heavy atom. The molecule has 0 aromatic rings. The average molecular weight is 153 g/mol. The molecule has 1 nitrogen and oxygen atoms in total. The van der Waals surface area contributed by atoms with Crippen molar-refractivity contribution in [1.29, 1.82) is 0 Å². The van der Waals surface area contributed by atoms with Crippen LogP contribution in [0, 0.1) is 5.92 Å². The van der Waals surface area contributed by atoms with Gasteiger partial charge in [-0.25, -0.2) is 0 Å². The van der Waals surface area contributed by atoms with Crippen LogP contribution in [0.2, 0.25) is 0 Å². The Morgan fingerprint density at radius 3 is 2.45 bits per heavy atom. The highest BCUT2D eigenvalue weighted by molar-refractivity contribution is 5.13. The van der Waals surface area contributed by atoms with Crippen molar-refractivity contribution in [2.24, 2.45) is 11.7 Å². The average Bonchev–Trinajstić information content (AvgIpc) is 1.97. The van der Waals surface area contributed by atoms with Gasteiger partial charge in [0.25, 0.3) is 0 Å². The highest BCUT2D eigenvalue weighted by Gasteiger charge is 1.99. The number of hydrogen-bond acceptors (Lipinski definition) is 1. The lowest BCUT2D eigenvalue weighted by molar-refractivity contribution is 0.702. The SMILES string of the molecule is CCC/C(=C\C=C/N)C(C)C. The molecule has 0 radical (unpaired) electrons. The Bertz CT molecular complexity index is 143. The van der Waals surface area contributed by atoms with Gasteiger partial charge in [-0.2, -0.15) is 0 Å². The summed E-state index contributed by atoms with van der Waals surface area (Å²) < 4.78 is 0. The highest BCUT2D eigenvalue weighted by atomic mass is 14.5. The lowest BCUT2D eigenvalue weighted by Gasteiger charge is -2.08. The van der Waals surface area contributed by atoms with Crippen LogP contribution in [0.25, 0.3) is 0 Å². The van der Waals surface area contributed by atoms with Gasteiger partial charge >= 0.3 is 0 Å². The van der Waals surface area contributed by atoms with E-state index in [2.05, 4.69) is 26.8 Å². The lowest BCUT2D eigenvalue weighted by Crippen LogP contribution is -1.93. The minimum atomic E-state index is 0.645. The number of hydrogen-bond donors (Lipinski definition) is 1. The van der Waals surface area contributed by atoms with Crippen molar-refractivity contribution >= 4 is 0 Å². The molecule has 0 fully saturated rings. The van der Waals surface area contributed by atoms with Crippen LogP contribution in [-0.2, 0) is 0 Å². The molecular weight excluding hydrogens is 134 g/mol. The monoisotopic (exact) mass is 153 g/mol. The first-order valence-electron chi connectivity index (χ1n) is 4.29. The fraction of sp³-hybridized carbons (Fsp3) is 0.600. The first-order valence-corrected chi connectivity index (χ1v) is 4.29. The molecule has 0 aromatic heterocycles. The quantitative estimate of drug-likeness (QED) is 0.617. The van der Waals surface area contributed by atoms with E-state index < -0.39 is 0 Å². The maximum atomic E-state index is 5.25. The largest absolute Gasteiger partial charge is 0.405 e. The van der Waals surface area contributed by atoms with Crippen LogP contribution in [-0.4, -0.2) is 0 Å². The molecule has 0 saturated carbocycles. The van der Waals surface area contributed by atoms with Gasteiger partial charge < -0.3 is 5.73 Å². The molecule has 0 rings (SSSR count). The molecule has 0 aromatic carbocycles. The molecule has 2 N–H and O–H groups in total. The smallest absolute Gasteiger partial charge is 0.00624 e. The summed E-state index contributed by atoms with van der Waals surface area (Å²) in [6.07, 6.45) is 8.00. The molecule has 0 amide bonds. The Balaban J connectivity index is 4.08. The zero-order valence-electron chi connectivity index (χ0n) is 7.80. The van der Waals surface area contributed by atoms with Crippen LogP contribution >= 0.6 is 0 Å². The summed E-state index contributed by atoms with van der Waals surface area (Å²) >= 11 is 0. The maximum Gasteiger partial charge on any atom is -0.00624 e. The Morgan fingerprint density at radius 1 is 1.45 bits per heavy atom. The second-order valence-corrected chi connectivity index (χ2v) is 3.03. The lowest BCUT2D eigenvalue weighted by atomic mass is 9.98. The fourth-order valence-corrected chi connectivity index (χ4v) is 1.03. The Hall–Kier alpha value is -0.720. The Labute approximate surface area is 70.0 Å². The van der Waals surface area contributed by atoms with Gasteiger partial charge in [0, 0.05) is 0 Å². The summed E-state index contributed by atoms with van der Waals surface area (Å²) in [6.45, 7) is 6.63. The Kier molecular flexibility index (Phi) is 5.63. The van der Waals surface area contributed by atoms with E-state index >= 15 is 0 Å². The van der Waals surface area contributed by atoms with E-state index in [0.29, 0.717) is 5.92 Å². The molecule has 0 unspecified atom stereocenters. The third-order valence-corrected chi connectivity index (χ3v) is 1.70. The van der Waals surface area contributed by atoms with Gasteiger partial charge in [0.15, 0.2) is 0 Å². The van der Waals surface area contributed by atoms with E-state index in [1.165, 1.54) is 18.4 Å². The number of rotatable bonds is 4. The van der Waals surface area contributed by atoms with E-state index in [4.69, 9.17) is 5.73 Å². The van der Waals surface area contributed by atoms with Crippen molar-refractivity contribution in [3.05, 3.63) is 23.9 Å². The van der Waals surface area contributed by atoms with Gasteiger partial charge in [-0.3, -0.25) is 0 Å². The van der Waals surface area contributed by atoms with Crippen LogP contribution in [0.4, 0.5) is 0 Å². The minimum Gasteiger partial charge on any atom is -0.405 e. The molecule has 0 aliphatic rings. The summed E-state index contributed by atoms with van der Waals surface area (Å²) in [7, 11) is 0. The second-order valence-electron chi connectivity index (χ2n) is 3.03. The van der Waals surface area contributed by atoms with Crippen molar-refractivity contribution in [3.63, 3.8) is 0 Å². The van der Waals surface area contributed by atoms with E-state index in [-0.39, 0.29) is 0 Å². The molecular formula is C10H19N. The van der Waals surface area contributed by atoms with Gasteiger partial charge in [0.05, 0.1) is 0 Å². The molecule has 64 valence electrons. The standard InChI is InChI=1S/C10H19N/c1-4-6-10(9(2)3)7-5-8-11/h5,7-9H,4,6,11H2,1-3H3/b8-5-,10-7+. The zero-order valence-corrected chi connectivity index (χ0v) is 7.80. The van der Waals surface area contributed by atoms with Crippen LogP contribution in [0.15, 0.2) is 23.9 Å². The van der Waals surface area contributed by atoms with Gasteiger partial charge in [0.2, 0.25) is 0 Å². The maximum absolute atomic E-state index is 5.25. The normalized spacial score (nSPS) is 13.3. The van der Waals surface area contributed by atoms with Crippen molar-refractivity contribution in [2.75, 3.05) is 0 Å². The third-order valence-electron chi connectivity index (χ3n) is 1.70. The van der Waals surface area contributed by atoms with E-state index in [0.717, 1.165) is 0 Å². The van der Waals surface area contributed by atoms with Crippen molar-refractivity contribution in [1.82, 2.24) is 0 Å². The van der Waals surface area contributed by atoms with Gasteiger partial charge in [-0.15, -0.1) is 0 Å². The molecule has 1 heteroatoms. The summed E-state index contributed by atoms with van der Waals surface area (Å²) in [5, 5.41) is 0. The van der Waals surface area contributed by atoms with Gasteiger partial charge in [-0.1, -0.05) is 38.8 Å². The predicted molar refractivity (Wildman–Crippen MR) is 51.2 cm³/mol. The van der Waals surface area contributed by atoms with Crippen LogP contribution in [0.5, 0.6) is 0 Å². The van der Waals surface area contributed by atoms with Gasteiger partial charge in [0.1, 0.15) is 0 Å². The van der Waals surface area contributed by atoms with E-state index in [1.807, 2.05) is 6.08 Å². The first-order chi connectivity index (χ1) is 5.22. The molecule has 11 heavy (non-hydrogen) atoms. The molecule has 0 aliphatic carbocycles. The molecule has 0 aliphatic heterocycles. The first kappa shape index (κ1) is 10.3. The van der Waals surface area contributed by atoms with E-state index in [1.54, 1.807) is 6.20 Å². The predicted octanol–water partition coefficient (Wildman–Crippen LogP) is 2.84. The van der Waals surface area contributed by atoms with Crippen molar-refractivity contribution < 1.29 is 0 Å². The zero-order chi connectivity index (χ0) is 8.69. The highest BCUT2D eigenvalue weighted by Crippen LogP contribution is 2.15. The molecule has 0 spiro atoms. The number of nitrogens with two attached hydrogens (primary N) is 1. The van der Waals surface area contributed by atoms with Crippen LogP contribution < -0.4 is 5.73 Å². The van der Waals surface area contributed by atoms with Crippen molar-refractivity contribution in [2.45, 2.75) is 33.6 Å². The minimum absolute atomic E-state index is 0.645. The summed E-state index contributed by atoms with van der Waals surface area (Å²) in [6, 6.07) is 0. The number of allylic oxidation sites excluding steroid dienone is 3. The topological polar surface area (TPSA) is 26.0 Å².